The summed E-state index contributed by atoms with van der Waals surface area (Å²) < 4.78 is 13.8. The lowest BCUT2D eigenvalue weighted by Gasteiger charge is -2.33. The first-order chi connectivity index (χ1) is 8.63. The topological polar surface area (TPSA) is 9.72 Å². The van der Waals surface area contributed by atoms with Crippen molar-refractivity contribution in [1.29, 1.82) is 0 Å². The molecule has 1 aromatic rings. The van der Waals surface area contributed by atoms with Gasteiger partial charge in [-0.05, 0) is 24.7 Å². The smallest absolute Gasteiger partial charge is 0.0811 e. The SMILES string of the molecule is CN1CCN(CN(F)Cc2cccc(Cl)c2)CC1. The van der Waals surface area contributed by atoms with Crippen LogP contribution in [0, 0.1) is 0 Å². The van der Waals surface area contributed by atoms with Crippen LogP contribution in [-0.4, -0.2) is 54.8 Å². The summed E-state index contributed by atoms with van der Waals surface area (Å²) >= 11 is 5.88. The minimum absolute atomic E-state index is 0.285. The molecular formula is C13H19ClFN3. The van der Waals surface area contributed by atoms with Gasteiger partial charge in [0, 0.05) is 31.2 Å². The van der Waals surface area contributed by atoms with Crippen molar-refractivity contribution < 1.29 is 4.48 Å². The molecule has 1 aliphatic heterocycles. The summed E-state index contributed by atoms with van der Waals surface area (Å²) in [5.74, 6) is 0. The minimum Gasteiger partial charge on any atom is -0.304 e. The summed E-state index contributed by atoms with van der Waals surface area (Å²) in [5, 5.41) is 1.50. The van der Waals surface area contributed by atoms with Gasteiger partial charge in [0.25, 0.3) is 0 Å². The van der Waals surface area contributed by atoms with Crippen molar-refractivity contribution in [3.63, 3.8) is 0 Å². The first-order valence-electron chi connectivity index (χ1n) is 6.19. The van der Waals surface area contributed by atoms with Gasteiger partial charge in [0.1, 0.15) is 0 Å². The van der Waals surface area contributed by atoms with Gasteiger partial charge in [-0.25, -0.2) is 0 Å². The average molecular weight is 272 g/mol. The van der Waals surface area contributed by atoms with Gasteiger partial charge in [-0.2, -0.15) is 0 Å². The fourth-order valence-electron chi connectivity index (χ4n) is 2.09. The zero-order valence-corrected chi connectivity index (χ0v) is 11.4. The molecule has 0 unspecified atom stereocenters. The third-order valence-corrected chi connectivity index (χ3v) is 3.43. The average Bonchev–Trinajstić information content (AvgIpc) is 2.32. The maximum atomic E-state index is 13.8. The van der Waals surface area contributed by atoms with E-state index in [1.54, 1.807) is 12.1 Å². The van der Waals surface area contributed by atoms with Crippen LogP contribution in [0.1, 0.15) is 5.56 Å². The van der Waals surface area contributed by atoms with Crippen LogP contribution in [0.5, 0.6) is 0 Å². The molecule has 1 aromatic carbocycles. The lowest BCUT2D eigenvalue weighted by molar-refractivity contribution is -0.0475. The van der Waals surface area contributed by atoms with E-state index in [0.29, 0.717) is 11.7 Å². The molecule has 1 aliphatic rings. The van der Waals surface area contributed by atoms with E-state index in [1.165, 1.54) is 0 Å². The predicted molar refractivity (Wildman–Crippen MR) is 72.0 cm³/mol. The maximum Gasteiger partial charge on any atom is 0.0811 e. The van der Waals surface area contributed by atoms with Crippen molar-refractivity contribution in [2.45, 2.75) is 6.54 Å². The molecule has 0 spiro atoms. The zero-order valence-electron chi connectivity index (χ0n) is 10.6. The molecule has 100 valence electrons. The molecule has 0 bridgehead atoms. The quantitative estimate of drug-likeness (QED) is 0.778. The second-order valence-electron chi connectivity index (χ2n) is 4.81. The van der Waals surface area contributed by atoms with E-state index in [4.69, 9.17) is 11.6 Å². The van der Waals surface area contributed by atoms with Crippen molar-refractivity contribution in [3.05, 3.63) is 34.9 Å². The number of likely N-dealkylation sites (N-methyl/N-ethyl adjacent to an activating group) is 1. The number of nitrogens with zero attached hydrogens (tertiary/aromatic N) is 3. The van der Waals surface area contributed by atoms with Crippen molar-refractivity contribution >= 4 is 11.6 Å². The Morgan fingerprint density at radius 1 is 1.28 bits per heavy atom. The second-order valence-corrected chi connectivity index (χ2v) is 5.25. The Bertz CT molecular complexity index is 380. The fourth-order valence-corrected chi connectivity index (χ4v) is 2.30. The van der Waals surface area contributed by atoms with E-state index in [-0.39, 0.29) is 6.54 Å². The van der Waals surface area contributed by atoms with Crippen molar-refractivity contribution in [1.82, 2.24) is 14.9 Å². The molecule has 1 saturated heterocycles. The van der Waals surface area contributed by atoms with Gasteiger partial charge in [-0.1, -0.05) is 23.7 Å². The van der Waals surface area contributed by atoms with Gasteiger partial charge >= 0.3 is 0 Å². The Kier molecular flexibility index (Phi) is 4.95. The highest BCUT2D eigenvalue weighted by atomic mass is 35.5. The number of hydrogen-bond acceptors (Lipinski definition) is 3. The summed E-state index contributed by atoms with van der Waals surface area (Å²) in [6.45, 7) is 4.50. The standard InChI is InChI=1S/C13H19ClFN3/c1-16-5-7-17(8-6-16)11-18(15)10-12-3-2-4-13(14)9-12/h2-4,9H,5-8,10-11H2,1H3. The van der Waals surface area contributed by atoms with Crippen LogP contribution in [-0.2, 0) is 6.54 Å². The fraction of sp³-hybridized carbons (Fsp3) is 0.538. The lowest BCUT2D eigenvalue weighted by atomic mass is 10.2. The molecule has 0 atom stereocenters. The molecule has 0 aliphatic carbocycles. The van der Waals surface area contributed by atoms with Crippen LogP contribution in [0.4, 0.5) is 4.48 Å². The number of hydrogen-bond donors (Lipinski definition) is 0. The van der Waals surface area contributed by atoms with Gasteiger partial charge in [0.05, 0.1) is 13.2 Å². The largest absolute Gasteiger partial charge is 0.304 e. The van der Waals surface area contributed by atoms with Gasteiger partial charge in [0.2, 0.25) is 0 Å². The highest BCUT2D eigenvalue weighted by Crippen LogP contribution is 2.13. The molecule has 3 nitrogen and oxygen atoms in total. The van der Waals surface area contributed by atoms with Gasteiger partial charge < -0.3 is 4.90 Å². The maximum absolute atomic E-state index is 13.8. The Morgan fingerprint density at radius 2 is 2.00 bits per heavy atom. The van der Waals surface area contributed by atoms with E-state index in [9.17, 15) is 4.48 Å². The van der Waals surface area contributed by atoms with E-state index in [0.717, 1.165) is 36.9 Å². The third kappa shape index (κ3) is 4.21. The molecular weight excluding hydrogens is 253 g/mol. The summed E-state index contributed by atoms with van der Waals surface area (Å²) in [6.07, 6.45) is 0. The monoisotopic (exact) mass is 271 g/mol. The molecule has 18 heavy (non-hydrogen) atoms. The van der Waals surface area contributed by atoms with E-state index < -0.39 is 0 Å². The molecule has 0 radical (unpaired) electrons. The molecule has 1 heterocycles. The molecule has 0 aromatic heterocycles. The first-order valence-corrected chi connectivity index (χ1v) is 6.57. The highest BCUT2D eigenvalue weighted by molar-refractivity contribution is 6.30. The summed E-state index contributed by atoms with van der Waals surface area (Å²) in [6, 6.07) is 7.34. The van der Waals surface area contributed by atoms with Crippen LogP contribution < -0.4 is 0 Å². The summed E-state index contributed by atoms with van der Waals surface area (Å²) in [7, 11) is 2.09. The lowest BCUT2D eigenvalue weighted by Crippen LogP contribution is -2.47. The van der Waals surface area contributed by atoms with E-state index in [2.05, 4.69) is 16.8 Å². The second kappa shape index (κ2) is 6.48. The molecule has 1 fully saturated rings. The summed E-state index contributed by atoms with van der Waals surface area (Å²) in [4.78, 5) is 4.39. The Morgan fingerprint density at radius 3 is 2.67 bits per heavy atom. The van der Waals surface area contributed by atoms with Gasteiger partial charge in [-0.3, -0.25) is 4.90 Å². The highest BCUT2D eigenvalue weighted by Gasteiger charge is 2.16. The molecule has 2 rings (SSSR count). The van der Waals surface area contributed by atoms with Crippen molar-refractivity contribution in [2.75, 3.05) is 39.9 Å². The number of benzene rings is 1. The van der Waals surface area contributed by atoms with E-state index >= 15 is 0 Å². The van der Waals surface area contributed by atoms with Gasteiger partial charge in [-0.15, -0.1) is 9.60 Å². The van der Waals surface area contributed by atoms with Crippen LogP contribution >= 0.6 is 11.6 Å². The van der Waals surface area contributed by atoms with Crippen LogP contribution in [0.15, 0.2) is 24.3 Å². The minimum atomic E-state index is 0.285. The Hall–Kier alpha value is -0.680. The first kappa shape index (κ1) is 13.7. The van der Waals surface area contributed by atoms with Crippen LogP contribution in [0.3, 0.4) is 0 Å². The normalized spacial score (nSPS) is 18.4. The molecule has 0 amide bonds. The zero-order chi connectivity index (χ0) is 13.0. The molecule has 0 saturated carbocycles. The number of piperazine rings is 1. The van der Waals surface area contributed by atoms with Crippen LogP contribution in [0.2, 0.25) is 5.02 Å². The number of rotatable bonds is 4. The molecule has 0 N–H and O–H groups in total. The summed E-state index contributed by atoms with van der Waals surface area (Å²) in [5.41, 5.74) is 0.902. The number of halogens is 2. The van der Waals surface area contributed by atoms with E-state index in [1.807, 2.05) is 12.1 Å². The molecule has 5 heteroatoms. The van der Waals surface area contributed by atoms with Gasteiger partial charge in [0.15, 0.2) is 0 Å². The third-order valence-electron chi connectivity index (χ3n) is 3.19. The van der Waals surface area contributed by atoms with Crippen molar-refractivity contribution in [2.24, 2.45) is 0 Å². The van der Waals surface area contributed by atoms with Crippen LogP contribution in [0.25, 0.3) is 0 Å². The Labute approximate surface area is 113 Å². The Balaban J connectivity index is 1.80. The van der Waals surface area contributed by atoms with Crippen molar-refractivity contribution in [3.8, 4) is 0 Å². The predicted octanol–water partition coefficient (Wildman–Crippen LogP) is 2.23.